The van der Waals surface area contributed by atoms with E-state index in [0.29, 0.717) is 6.42 Å². The van der Waals surface area contributed by atoms with Crippen LogP contribution >= 0.6 is 22.6 Å². The normalized spacial score (nSPS) is 10.6. The molecule has 0 aromatic rings. The fourth-order valence-electron chi connectivity index (χ4n) is 0.379. The van der Waals surface area contributed by atoms with Gasteiger partial charge in [-0.15, -0.1) is 0 Å². The Bertz CT molecular complexity index is 156. The van der Waals surface area contributed by atoms with E-state index >= 15 is 0 Å². The van der Waals surface area contributed by atoms with Crippen molar-refractivity contribution in [2.45, 2.75) is 12.8 Å². The minimum atomic E-state index is -3.70. The summed E-state index contributed by atoms with van der Waals surface area (Å²) in [5.41, 5.74) is 0. The SMILES string of the molecule is O=S(=O)(O)CCCCI.[Na]. The smallest absolute Gasteiger partial charge is 0.264 e. The second-order valence-electron chi connectivity index (χ2n) is 1.68. The van der Waals surface area contributed by atoms with Gasteiger partial charge in [0.05, 0.1) is 5.75 Å². The Balaban J connectivity index is 0. The zero-order valence-electron chi connectivity index (χ0n) is 5.88. The molecule has 0 saturated heterocycles. The monoisotopic (exact) mass is 287 g/mol. The van der Waals surface area contributed by atoms with Crippen molar-refractivity contribution >= 4 is 62.3 Å². The first-order valence-corrected chi connectivity index (χ1v) is 5.71. The van der Waals surface area contributed by atoms with E-state index in [4.69, 9.17) is 4.55 Å². The summed E-state index contributed by atoms with van der Waals surface area (Å²) < 4.78 is 29.3. The van der Waals surface area contributed by atoms with Crippen molar-refractivity contribution in [1.82, 2.24) is 0 Å². The second kappa shape index (κ2) is 7.30. The summed E-state index contributed by atoms with van der Waals surface area (Å²) in [5, 5.41) is 0. The maximum atomic E-state index is 10.1. The third-order valence-electron chi connectivity index (χ3n) is 0.786. The standard InChI is InChI=1S/C4H9IO3S.Na/c5-3-1-2-4-9(6,7)8;/h1-4H2,(H,6,7,8);. The molecule has 0 heterocycles. The van der Waals surface area contributed by atoms with Crippen LogP contribution in [0.15, 0.2) is 0 Å². The van der Waals surface area contributed by atoms with Gasteiger partial charge in [0.1, 0.15) is 0 Å². The Labute approximate surface area is 97.1 Å². The minimum absolute atomic E-state index is 0. The van der Waals surface area contributed by atoms with Gasteiger partial charge in [-0.25, -0.2) is 0 Å². The molecule has 3 nitrogen and oxygen atoms in total. The molecular weight excluding hydrogens is 278 g/mol. The number of hydrogen-bond donors (Lipinski definition) is 1. The van der Waals surface area contributed by atoms with Crippen LogP contribution in [0.3, 0.4) is 0 Å². The molecule has 0 fully saturated rings. The maximum Gasteiger partial charge on any atom is 0.264 e. The average molecular weight is 287 g/mol. The molecule has 0 rings (SSSR count). The van der Waals surface area contributed by atoms with Crippen LogP contribution in [-0.2, 0) is 10.1 Å². The van der Waals surface area contributed by atoms with Gasteiger partial charge in [0, 0.05) is 29.6 Å². The first-order valence-electron chi connectivity index (χ1n) is 2.57. The maximum absolute atomic E-state index is 10.1. The van der Waals surface area contributed by atoms with Crippen LogP contribution < -0.4 is 0 Å². The summed E-state index contributed by atoms with van der Waals surface area (Å²) >= 11 is 2.16. The van der Waals surface area contributed by atoms with E-state index in [2.05, 4.69) is 22.6 Å². The van der Waals surface area contributed by atoms with Crippen LogP contribution in [0.2, 0.25) is 0 Å². The number of rotatable bonds is 4. The van der Waals surface area contributed by atoms with Crippen molar-refractivity contribution in [1.29, 1.82) is 0 Å². The molecule has 0 bridgehead atoms. The van der Waals surface area contributed by atoms with Gasteiger partial charge in [-0.2, -0.15) is 8.42 Å². The van der Waals surface area contributed by atoms with Gasteiger partial charge in [0.15, 0.2) is 0 Å². The molecule has 1 N–H and O–H groups in total. The molecule has 0 unspecified atom stereocenters. The quantitative estimate of drug-likeness (QED) is 0.272. The molecule has 0 saturated carbocycles. The average Bonchev–Trinajstić information content (AvgIpc) is 1.63. The van der Waals surface area contributed by atoms with E-state index in [1.54, 1.807) is 0 Å². The summed E-state index contributed by atoms with van der Waals surface area (Å²) in [4.78, 5) is 0. The van der Waals surface area contributed by atoms with Gasteiger partial charge in [-0.1, -0.05) is 22.6 Å². The van der Waals surface area contributed by atoms with Crippen molar-refractivity contribution in [2.75, 3.05) is 10.2 Å². The largest absolute Gasteiger partial charge is 0.286 e. The van der Waals surface area contributed by atoms with Crippen LogP contribution in [-0.4, -0.2) is 52.7 Å². The Kier molecular flexibility index (Phi) is 10.3. The van der Waals surface area contributed by atoms with Crippen LogP contribution in [0.1, 0.15) is 12.8 Å². The fourth-order valence-corrected chi connectivity index (χ4v) is 1.49. The van der Waals surface area contributed by atoms with Gasteiger partial charge in [-0.05, 0) is 17.3 Å². The van der Waals surface area contributed by atoms with Gasteiger partial charge in [-0.3, -0.25) is 4.55 Å². The molecule has 0 spiro atoms. The molecular formula is C4H9INaO3S. The topological polar surface area (TPSA) is 54.4 Å². The van der Waals surface area contributed by atoms with E-state index in [0.717, 1.165) is 10.8 Å². The Morgan fingerprint density at radius 3 is 2.10 bits per heavy atom. The molecule has 0 aliphatic rings. The summed E-state index contributed by atoms with van der Waals surface area (Å²) in [6, 6.07) is 0. The number of alkyl halides is 1. The molecule has 57 valence electrons. The van der Waals surface area contributed by atoms with Crippen molar-refractivity contribution in [3.63, 3.8) is 0 Å². The van der Waals surface area contributed by atoms with E-state index in [1.807, 2.05) is 0 Å². The molecule has 0 atom stereocenters. The van der Waals surface area contributed by atoms with Gasteiger partial charge >= 0.3 is 0 Å². The number of halogens is 1. The van der Waals surface area contributed by atoms with Crippen molar-refractivity contribution in [3.05, 3.63) is 0 Å². The molecule has 10 heavy (non-hydrogen) atoms. The molecule has 0 aliphatic heterocycles. The Morgan fingerprint density at radius 1 is 1.30 bits per heavy atom. The fraction of sp³-hybridized carbons (Fsp3) is 1.00. The van der Waals surface area contributed by atoms with Crippen molar-refractivity contribution in [2.24, 2.45) is 0 Å². The molecule has 1 radical (unpaired) electrons. The van der Waals surface area contributed by atoms with Crippen molar-refractivity contribution < 1.29 is 13.0 Å². The first-order chi connectivity index (χ1) is 4.06. The van der Waals surface area contributed by atoms with Gasteiger partial charge in [0.2, 0.25) is 0 Å². The van der Waals surface area contributed by atoms with Crippen LogP contribution in [0.4, 0.5) is 0 Å². The predicted octanol–water partition coefficient (Wildman–Crippen LogP) is 0.709. The zero-order valence-corrected chi connectivity index (χ0v) is 10.9. The first kappa shape index (κ1) is 14.2. The van der Waals surface area contributed by atoms with E-state index < -0.39 is 10.1 Å². The Hall–Kier alpha value is 1.64. The summed E-state index contributed by atoms with van der Waals surface area (Å²) in [7, 11) is -3.70. The van der Waals surface area contributed by atoms with Crippen molar-refractivity contribution in [3.8, 4) is 0 Å². The summed E-state index contributed by atoms with van der Waals surface area (Å²) in [6.45, 7) is 0. The van der Waals surface area contributed by atoms with E-state index in [9.17, 15) is 8.42 Å². The molecule has 0 aromatic carbocycles. The summed E-state index contributed by atoms with van der Waals surface area (Å²) in [6.07, 6.45) is 1.40. The van der Waals surface area contributed by atoms with Crippen LogP contribution in [0.5, 0.6) is 0 Å². The zero-order chi connectivity index (χ0) is 7.33. The van der Waals surface area contributed by atoms with E-state index in [-0.39, 0.29) is 35.3 Å². The van der Waals surface area contributed by atoms with Crippen LogP contribution in [0, 0.1) is 0 Å². The van der Waals surface area contributed by atoms with Crippen LogP contribution in [0.25, 0.3) is 0 Å². The predicted molar refractivity (Wildman–Crippen MR) is 50.3 cm³/mol. The summed E-state index contributed by atoms with van der Waals surface area (Å²) in [5.74, 6) is -0.101. The van der Waals surface area contributed by atoms with E-state index in [1.165, 1.54) is 0 Å². The number of unbranched alkanes of at least 4 members (excludes halogenated alkanes) is 1. The third-order valence-corrected chi connectivity index (χ3v) is 2.35. The molecule has 0 aromatic heterocycles. The number of hydrogen-bond acceptors (Lipinski definition) is 2. The molecule has 0 amide bonds. The molecule has 6 heteroatoms. The third kappa shape index (κ3) is 12.3. The second-order valence-corrected chi connectivity index (χ2v) is 4.33. The Morgan fingerprint density at radius 2 is 1.80 bits per heavy atom. The van der Waals surface area contributed by atoms with Gasteiger partial charge < -0.3 is 0 Å². The molecule has 0 aliphatic carbocycles. The van der Waals surface area contributed by atoms with Gasteiger partial charge in [0.25, 0.3) is 10.1 Å². The minimum Gasteiger partial charge on any atom is -0.286 e.